The number of hydrogen-bond acceptors (Lipinski definition) is 1. The van der Waals surface area contributed by atoms with Crippen molar-refractivity contribution < 1.29 is 13.2 Å². The van der Waals surface area contributed by atoms with Gasteiger partial charge in [0.05, 0.1) is 0 Å². The second-order valence-corrected chi connectivity index (χ2v) is 4.97. The molecule has 0 spiro atoms. The molecule has 0 bridgehead atoms. The lowest BCUT2D eigenvalue weighted by atomic mass is 10.0. The van der Waals surface area contributed by atoms with Crippen molar-refractivity contribution in [1.82, 2.24) is 5.32 Å². The summed E-state index contributed by atoms with van der Waals surface area (Å²) in [6, 6.07) is 7.72. The van der Waals surface area contributed by atoms with Crippen LogP contribution in [-0.4, -0.2) is 6.04 Å². The Hall–Kier alpha value is -1.81. The highest BCUT2D eigenvalue weighted by Crippen LogP contribution is 2.25. The molecule has 0 saturated heterocycles. The molecule has 0 aliphatic carbocycles. The van der Waals surface area contributed by atoms with Crippen LogP contribution in [0.15, 0.2) is 36.4 Å². The van der Waals surface area contributed by atoms with Gasteiger partial charge in [-0.1, -0.05) is 19.9 Å². The van der Waals surface area contributed by atoms with Gasteiger partial charge in [0.1, 0.15) is 17.5 Å². The normalized spacial score (nSPS) is 11.1. The van der Waals surface area contributed by atoms with Crippen molar-refractivity contribution in [3.05, 3.63) is 59.4 Å². The number of hydrogen-bond donors (Lipinski definition) is 1. The fraction of sp³-hybridized carbons (Fsp3) is 0.250. The van der Waals surface area contributed by atoms with Crippen molar-refractivity contribution >= 4 is 0 Å². The van der Waals surface area contributed by atoms with E-state index in [4.69, 9.17) is 0 Å². The molecule has 1 N–H and O–H groups in total. The van der Waals surface area contributed by atoms with Gasteiger partial charge in [-0.05, 0) is 35.9 Å². The second kappa shape index (κ2) is 6.09. The smallest absolute Gasteiger partial charge is 0.131 e. The maximum absolute atomic E-state index is 13.7. The molecule has 2 rings (SSSR count). The standard InChI is InChI=1S/C16H16F3N/c1-10(2)20-9-12-7-11(3-5-15(12)18)14-8-13(17)4-6-16(14)19/h3-8,10,20H,9H2,1-2H3. The zero-order chi connectivity index (χ0) is 14.7. The topological polar surface area (TPSA) is 12.0 Å². The molecule has 1 nitrogen and oxygen atoms in total. The van der Waals surface area contributed by atoms with E-state index in [1.165, 1.54) is 12.1 Å². The van der Waals surface area contributed by atoms with Crippen LogP contribution < -0.4 is 5.32 Å². The van der Waals surface area contributed by atoms with Gasteiger partial charge in [0.2, 0.25) is 0 Å². The Morgan fingerprint density at radius 1 is 0.950 bits per heavy atom. The third-order valence-electron chi connectivity index (χ3n) is 2.99. The number of nitrogens with one attached hydrogen (secondary N) is 1. The van der Waals surface area contributed by atoms with E-state index in [9.17, 15) is 13.2 Å². The molecule has 106 valence electrons. The fourth-order valence-electron chi connectivity index (χ4n) is 1.91. The molecule has 0 radical (unpaired) electrons. The SMILES string of the molecule is CC(C)NCc1cc(-c2cc(F)ccc2F)ccc1F. The summed E-state index contributed by atoms with van der Waals surface area (Å²) in [6.45, 7) is 4.25. The second-order valence-electron chi connectivity index (χ2n) is 4.97. The molecule has 0 aliphatic heterocycles. The van der Waals surface area contributed by atoms with E-state index in [1.54, 1.807) is 6.07 Å². The van der Waals surface area contributed by atoms with Gasteiger partial charge in [-0.3, -0.25) is 0 Å². The Morgan fingerprint density at radius 3 is 2.35 bits per heavy atom. The lowest BCUT2D eigenvalue weighted by Gasteiger charge is -2.11. The maximum atomic E-state index is 13.7. The Balaban J connectivity index is 2.37. The molecular formula is C16H16F3N. The van der Waals surface area contributed by atoms with E-state index in [0.717, 1.165) is 18.2 Å². The highest BCUT2D eigenvalue weighted by Gasteiger charge is 2.10. The van der Waals surface area contributed by atoms with E-state index in [1.807, 2.05) is 13.8 Å². The van der Waals surface area contributed by atoms with E-state index < -0.39 is 11.6 Å². The van der Waals surface area contributed by atoms with E-state index in [2.05, 4.69) is 5.32 Å². The van der Waals surface area contributed by atoms with Crippen molar-refractivity contribution in [2.24, 2.45) is 0 Å². The van der Waals surface area contributed by atoms with Crippen molar-refractivity contribution in [2.75, 3.05) is 0 Å². The summed E-state index contributed by atoms with van der Waals surface area (Å²) >= 11 is 0. The lowest BCUT2D eigenvalue weighted by molar-refractivity contribution is 0.553. The predicted molar refractivity (Wildman–Crippen MR) is 73.7 cm³/mol. The first-order chi connectivity index (χ1) is 9.47. The molecule has 0 amide bonds. The van der Waals surface area contributed by atoms with E-state index in [-0.39, 0.29) is 17.4 Å². The minimum absolute atomic E-state index is 0.135. The summed E-state index contributed by atoms with van der Waals surface area (Å²) in [5.41, 5.74) is 1.03. The fourth-order valence-corrected chi connectivity index (χ4v) is 1.91. The van der Waals surface area contributed by atoms with Crippen LogP contribution in [0, 0.1) is 17.5 Å². The van der Waals surface area contributed by atoms with Crippen LogP contribution in [0.5, 0.6) is 0 Å². The van der Waals surface area contributed by atoms with Crippen LogP contribution in [-0.2, 0) is 6.54 Å². The Kier molecular flexibility index (Phi) is 4.45. The summed E-state index contributed by atoms with van der Waals surface area (Å²) < 4.78 is 40.6. The van der Waals surface area contributed by atoms with Gasteiger partial charge < -0.3 is 5.32 Å². The van der Waals surface area contributed by atoms with Crippen LogP contribution in [0.3, 0.4) is 0 Å². The minimum atomic E-state index is -0.527. The summed E-state index contributed by atoms with van der Waals surface area (Å²) in [5.74, 6) is -1.41. The Bertz CT molecular complexity index is 609. The van der Waals surface area contributed by atoms with Crippen LogP contribution in [0.1, 0.15) is 19.4 Å². The predicted octanol–water partition coefficient (Wildman–Crippen LogP) is 4.27. The van der Waals surface area contributed by atoms with E-state index in [0.29, 0.717) is 17.7 Å². The minimum Gasteiger partial charge on any atom is -0.310 e. The van der Waals surface area contributed by atoms with Gasteiger partial charge in [0.15, 0.2) is 0 Å². The van der Waals surface area contributed by atoms with Gasteiger partial charge >= 0.3 is 0 Å². The molecule has 0 atom stereocenters. The van der Waals surface area contributed by atoms with Crippen molar-refractivity contribution in [2.45, 2.75) is 26.4 Å². The Labute approximate surface area is 116 Å². The molecule has 0 heterocycles. The average Bonchev–Trinajstić information content (AvgIpc) is 2.40. The highest BCUT2D eigenvalue weighted by molar-refractivity contribution is 5.65. The zero-order valence-electron chi connectivity index (χ0n) is 11.4. The van der Waals surface area contributed by atoms with Crippen molar-refractivity contribution in [3.63, 3.8) is 0 Å². The van der Waals surface area contributed by atoms with Gasteiger partial charge in [-0.25, -0.2) is 13.2 Å². The molecule has 2 aromatic carbocycles. The average molecular weight is 279 g/mol. The summed E-state index contributed by atoms with van der Waals surface area (Å²) in [6.07, 6.45) is 0. The molecule has 2 aromatic rings. The third-order valence-corrected chi connectivity index (χ3v) is 2.99. The van der Waals surface area contributed by atoms with Gasteiger partial charge in [-0.15, -0.1) is 0 Å². The Morgan fingerprint density at radius 2 is 1.65 bits per heavy atom. The first-order valence-corrected chi connectivity index (χ1v) is 6.44. The number of halogens is 3. The highest BCUT2D eigenvalue weighted by atomic mass is 19.1. The third kappa shape index (κ3) is 3.39. The first-order valence-electron chi connectivity index (χ1n) is 6.44. The number of benzene rings is 2. The van der Waals surface area contributed by atoms with Crippen LogP contribution in [0.4, 0.5) is 13.2 Å². The summed E-state index contributed by atoms with van der Waals surface area (Å²) in [5, 5.41) is 3.10. The molecule has 0 saturated carbocycles. The largest absolute Gasteiger partial charge is 0.310 e. The van der Waals surface area contributed by atoms with Crippen molar-refractivity contribution in [3.8, 4) is 11.1 Å². The van der Waals surface area contributed by atoms with E-state index >= 15 is 0 Å². The summed E-state index contributed by atoms with van der Waals surface area (Å²) in [4.78, 5) is 0. The molecule has 0 fully saturated rings. The molecule has 0 aliphatic rings. The van der Waals surface area contributed by atoms with Crippen molar-refractivity contribution in [1.29, 1.82) is 0 Å². The van der Waals surface area contributed by atoms with Gasteiger partial charge in [0.25, 0.3) is 0 Å². The first kappa shape index (κ1) is 14.6. The molecule has 20 heavy (non-hydrogen) atoms. The zero-order valence-corrected chi connectivity index (χ0v) is 11.4. The number of rotatable bonds is 4. The van der Waals surface area contributed by atoms with Gasteiger partial charge in [-0.2, -0.15) is 0 Å². The van der Waals surface area contributed by atoms with Crippen LogP contribution in [0.2, 0.25) is 0 Å². The van der Waals surface area contributed by atoms with Crippen LogP contribution in [0.25, 0.3) is 11.1 Å². The monoisotopic (exact) mass is 279 g/mol. The maximum Gasteiger partial charge on any atom is 0.131 e. The molecular weight excluding hydrogens is 263 g/mol. The summed E-state index contributed by atoms with van der Waals surface area (Å²) in [7, 11) is 0. The molecule has 0 unspecified atom stereocenters. The molecule has 0 aromatic heterocycles. The quantitative estimate of drug-likeness (QED) is 0.881. The lowest BCUT2D eigenvalue weighted by Crippen LogP contribution is -2.22. The van der Waals surface area contributed by atoms with Crippen LogP contribution >= 0.6 is 0 Å². The molecule has 4 heteroatoms. The van der Waals surface area contributed by atoms with Gasteiger partial charge in [0, 0.05) is 23.7 Å².